The summed E-state index contributed by atoms with van der Waals surface area (Å²) in [6.45, 7) is 2.03. The van der Waals surface area contributed by atoms with Gasteiger partial charge in [-0.3, -0.25) is 4.79 Å². The number of carbonyl (C=O) groups excluding carboxylic acids is 1. The van der Waals surface area contributed by atoms with Crippen molar-refractivity contribution < 1.29 is 9.21 Å². The van der Waals surface area contributed by atoms with Crippen molar-refractivity contribution in [2.75, 3.05) is 5.32 Å². The zero-order valence-corrected chi connectivity index (χ0v) is 14.7. The maximum absolute atomic E-state index is 12.2. The van der Waals surface area contributed by atoms with Gasteiger partial charge in [0.2, 0.25) is 5.91 Å². The van der Waals surface area contributed by atoms with E-state index < -0.39 is 0 Å². The second kappa shape index (κ2) is 6.95. The van der Waals surface area contributed by atoms with E-state index in [2.05, 4.69) is 20.3 Å². The molecule has 4 rings (SSSR count). The highest BCUT2D eigenvalue weighted by Gasteiger charge is 2.10. The maximum atomic E-state index is 12.2. The minimum Gasteiger partial charge on any atom is -0.441 e. The number of aromatic amines is 2. The molecule has 7 heteroatoms. The quantitative estimate of drug-likeness (QED) is 0.506. The number of imidazole rings is 1. The number of nitrogens with zero attached hydrogens (tertiary/aromatic N) is 1. The first-order valence-corrected chi connectivity index (χ1v) is 8.60. The summed E-state index contributed by atoms with van der Waals surface area (Å²) in [7, 11) is 0. The molecule has 0 aliphatic rings. The Hall–Kier alpha value is -3.61. The van der Waals surface area contributed by atoms with Crippen LogP contribution in [-0.4, -0.2) is 20.9 Å². The monoisotopic (exact) mass is 362 g/mol. The molecule has 0 atom stereocenters. The fourth-order valence-electron chi connectivity index (χ4n) is 2.83. The van der Waals surface area contributed by atoms with E-state index in [0.717, 1.165) is 5.56 Å². The number of oxazole rings is 1. The molecule has 2 aromatic carbocycles. The van der Waals surface area contributed by atoms with E-state index in [9.17, 15) is 9.59 Å². The molecule has 0 fully saturated rings. The minimum absolute atomic E-state index is 0.151. The molecule has 0 unspecified atom stereocenters. The molecule has 3 N–H and O–H groups in total. The number of benzene rings is 2. The first kappa shape index (κ1) is 16.8. The van der Waals surface area contributed by atoms with Crippen molar-refractivity contribution in [3.05, 3.63) is 70.6 Å². The van der Waals surface area contributed by atoms with Gasteiger partial charge in [0, 0.05) is 24.1 Å². The summed E-state index contributed by atoms with van der Waals surface area (Å²) in [6.07, 6.45) is 2.32. The zero-order chi connectivity index (χ0) is 18.8. The smallest absolute Gasteiger partial charge is 0.323 e. The van der Waals surface area contributed by atoms with Gasteiger partial charge in [0.15, 0.2) is 11.7 Å². The molecule has 0 aliphatic carbocycles. The maximum Gasteiger partial charge on any atom is 0.323 e. The molecule has 2 heterocycles. The fraction of sp³-hybridized carbons (Fsp3) is 0.150. The van der Waals surface area contributed by atoms with Gasteiger partial charge >= 0.3 is 5.69 Å². The van der Waals surface area contributed by atoms with Gasteiger partial charge in [-0.1, -0.05) is 29.8 Å². The minimum atomic E-state index is -0.276. The van der Waals surface area contributed by atoms with Crippen LogP contribution in [0.4, 0.5) is 5.69 Å². The number of hydrogen-bond acceptors (Lipinski definition) is 4. The molecule has 0 bridgehead atoms. The molecule has 0 saturated heterocycles. The third kappa shape index (κ3) is 3.82. The zero-order valence-electron chi connectivity index (χ0n) is 14.7. The number of anilines is 1. The Kier molecular flexibility index (Phi) is 4.33. The second-order valence-electron chi connectivity index (χ2n) is 6.37. The number of nitrogens with one attached hydrogen (secondary N) is 3. The topological polar surface area (TPSA) is 104 Å². The molecule has 2 aromatic heterocycles. The Balaban J connectivity index is 1.37. The van der Waals surface area contributed by atoms with Crippen LogP contribution in [0.15, 0.2) is 57.9 Å². The van der Waals surface area contributed by atoms with Crippen molar-refractivity contribution in [3.63, 3.8) is 0 Å². The van der Waals surface area contributed by atoms with Crippen LogP contribution in [0.5, 0.6) is 0 Å². The van der Waals surface area contributed by atoms with Crippen molar-refractivity contribution in [1.29, 1.82) is 0 Å². The second-order valence-corrected chi connectivity index (χ2v) is 6.37. The van der Waals surface area contributed by atoms with Gasteiger partial charge in [-0.05, 0) is 25.1 Å². The van der Waals surface area contributed by atoms with Crippen LogP contribution < -0.4 is 11.0 Å². The summed E-state index contributed by atoms with van der Waals surface area (Å²) in [4.78, 5) is 33.0. The highest BCUT2D eigenvalue weighted by atomic mass is 16.4. The lowest BCUT2D eigenvalue weighted by atomic mass is 10.1. The number of carbonyl (C=O) groups is 1. The SMILES string of the molecule is Cc1ccc(-c2cnc(CCC(=O)Nc3ccc4[nH]c(=O)[nH]c4c3)o2)cc1. The summed E-state index contributed by atoms with van der Waals surface area (Å²) >= 11 is 0. The van der Waals surface area contributed by atoms with E-state index in [1.165, 1.54) is 5.56 Å². The number of H-pyrrole nitrogens is 2. The largest absolute Gasteiger partial charge is 0.441 e. The fourth-order valence-corrected chi connectivity index (χ4v) is 2.83. The molecule has 0 radical (unpaired) electrons. The summed E-state index contributed by atoms with van der Waals surface area (Å²) < 4.78 is 5.74. The van der Waals surface area contributed by atoms with Gasteiger partial charge in [0.25, 0.3) is 0 Å². The lowest BCUT2D eigenvalue weighted by Crippen LogP contribution is -2.12. The average molecular weight is 362 g/mol. The summed E-state index contributed by atoms with van der Waals surface area (Å²) in [5.41, 5.74) is 3.82. The molecule has 0 aliphatic heterocycles. The first-order chi connectivity index (χ1) is 13.1. The lowest BCUT2D eigenvalue weighted by molar-refractivity contribution is -0.116. The van der Waals surface area contributed by atoms with Crippen molar-refractivity contribution in [2.24, 2.45) is 0 Å². The normalized spacial score (nSPS) is 11.0. The first-order valence-electron chi connectivity index (χ1n) is 8.60. The van der Waals surface area contributed by atoms with E-state index in [0.29, 0.717) is 34.8 Å². The van der Waals surface area contributed by atoms with Crippen LogP contribution in [0, 0.1) is 6.92 Å². The van der Waals surface area contributed by atoms with Gasteiger partial charge < -0.3 is 19.7 Å². The molecule has 0 saturated carbocycles. The number of rotatable bonds is 5. The predicted molar refractivity (Wildman–Crippen MR) is 103 cm³/mol. The van der Waals surface area contributed by atoms with Gasteiger partial charge in [0.1, 0.15) is 0 Å². The van der Waals surface area contributed by atoms with Gasteiger partial charge in [0.05, 0.1) is 17.2 Å². The van der Waals surface area contributed by atoms with Gasteiger partial charge in [-0.2, -0.15) is 0 Å². The third-order valence-corrected chi connectivity index (χ3v) is 4.26. The number of fused-ring (bicyclic) bond motifs is 1. The summed E-state index contributed by atoms with van der Waals surface area (Å²) in [6, 6.07) is 13.2. The van der Waals surface area contributed by atoms with E-state index in [-0.39, 0.29) is 18.0 Å². The summed E-state index contributed by atoms with van der Waals surface area (Å²) in [5, 5.41) is 2.81. The van der Waals surface area contributed by atoms with Crippen molar-refractivity contribution >= 4 is 22.6 Å². The molecular weight excluding hydrogens is 344 g/mol. The lowest BCUT2D eigenvalue weighted by Gasteiger charge is -2.04. The molecule has 4 aromatic rings. The molecular formula is C20H18N4O3. The number of hydrogen-bond donors (Lipinski definition) is 3. The molecule has 27 heavy (non-hydrogen) atoms. The van der Waals surface area contributed by atoms with Gasteiger partial charge in [-0.15, -0.1) is 0 Å². The predicted octanol–water partition coefficient (Wildman–Crippen LogP) is 3.39. The Labute approximate surface area is 154 Å². The Bertz CT molecular complexity index is 1150. The van der Waals surface area contributed by atoms with E-state index >= 15 is 0 Å². The van der Waals surface area contributed by atoms with Crippen LogP contribution in [0.1, 0.15) is 17.9 Å². The highest BCUT2D eigenvalue weighted by molar-refractivity contribution is 5.93. The van der Waals surface area contributed by atoms with Crippen LogP contribution in [0.2, 0.25) is 0 Å². The van der Waals surface area contributed by atoms with Gasteiger partial charge in [-0.25, -0.2) is 9.78 Å². The average Bonchev–Trinajstić information content (AvgIpc) is 3.26. The Morgan fingerprint density at radius 1 is 1.11 bits per heavy atom. The number of aryl methyl sites for hydroxylation is 2. The van der Waals surface area contributed by atoms with Crippen molar-refractivity contribution in [1.82, 2.24) is 15.0 Å². The third-order valence-electron chi connectivity index (χ3n) is 4.26. The summed E-state index contributed by atoms with van der Waals surface area (Å²) in [5.74, 6) is 1.06. The van der Waals surface area contributed by atoms with Crippen LogP contribution in [0.3, 0.4) is 0 Å². The molecule has 7 nitrogen and oxygen atoms in total. The van der Waals surface area contributed by atoms with Crippen LogP contribution in [0.25, 0.3) is 22.4 Å². The Morgan fingerprint density at radius 3 is 2.70 bits per heavy atom. The standard InChI is InChI=1S/C20H18N4O3/c1-12-2-4-13(5-3-12)17-11-21-19(27-17)9-8-18(25)22-14-6-7-15-16(10-14)24-20(26)23-15/h2-7,10-11H,8-9H2,1H3,(H,22,25)(H2,23,24,26). The van der Waals surface area contributed by atoms with Crippen molar-refractivity contribution in [3.8, 4) is 11.3 Å². The van der Waals surface area contributed by atoms with Crippen molar-refractivity contribution in [2.45, 2.75) is 19.8 Å². The van der Waals surface area contributed by atoms with Crippen LogP contribution >= 0.6 is 0 Å². The van der Waals surface area contributed by atoms with E-state index in [1.807, 2.05) is 31.2 Å². The molecule has 136 valence electrons. The van der Waals surface area contributed by atoms with Crippen LogP contribution in [-0.2, 0) is 11.2 Å². The highest BCUT2D eigenvalue weighted by Crippen LogP contribution is 2.21. The van der Waals surface area contributed by atoms with E-state index in [4.69, 9.17) is 4.42 Å². The molecule has 0 spiro atoms. The number of amides is 1. The van der Waals surface area contributed by atoms with E-state index in [1.54, 1.807) is 24.4 Å². The molecule has 1 amide bonds. The Morgan fingerprint density at radius 2 is 1.89 bits per heavy atom. The number of aromatic nitrogens is 3.